The highest BCUT2D eigenvalue weighted by atomic mass is 32.1. The fourth-order valence-electron chi connectivity index (χ4n) is 1.88. The number of aliphatic carboxylic acids is 1. The third-order valence-corrected chi connectivity index (χ3v) is 3.69. The number of quaternary nitrogens is 1. The van der Waals surface area contributed by atoms with Gasteiger partial charge >= 0.3 is 0 Å². The van der Waals surface area contributed by atoms with Crippen molar-refractivity contribution in [3.8, 4) is 0 Å². The first-order valence-electron chi connectivity index (χ1n) is 4.84. The molecular formula is C10H13NO2S. The van der Waals surface area contributed by atoms with E-state index < -0.39 is 5.97 Å². The Labute approximate surface area is 87.0 Å². The fraction of sp³-hybridized carbons (Fsp3) is 0.500. The van der Waals surface area contributed by atoms with Crippen molar-refractivity contribution >= 4 is 17.3 Å². The van der Waals surface area contributed by atoms with Crippen LogP contribution >= 0.6 is 11.3 Å². The third kappa shape index (κ3) is 2.13. The first-order chi connectivity index (χ1) is 6.75. The summed E-state index contributed by atoms with van der Waals surface area (Å²) in [7, 11) is 0. The summed E-state index contributed by atoms with van der Waals surface area (Å²) in [4.78, 5) is 13.2. The molecule has 0 bridgehead atoms. The largest absolute Gasteiger partial charge is 0.550 e. The summed E-state index contributed by atoms with van der Waals surface area (Å²) in [5, 5.41) is 12.4. The molecule has 2 heterocycles. The Hall–Kier alpha value is -0.870. The number of carboxylic acids is 1. The molecule has 1 atom stereocenters. The van der Waals surface area contributed by atoms with Crippen molar-refractivity contribution in [2.75, 3.05) is 13.1 Å². The number of thiophene rings is 1. The minimum absolute atomic E-state index is 0.175. The minimum atomic E-state index is -0.936. The standard InChI is InChI=1S/C10H13NO2S/c12-10(13)2-5-11-4-1-9-8(7-11)3-6-14-9/h3,6H,1-2,4-5,7H2,(H,12,13). The lowest BCUT2D eigenvalue weighted by Gasteiger charge is -2.23. The maximum absolute atomic E-state index is 10.3. The topological polar surface area (TPSA) is 44.6 Å². The molecule has 0 aliphatic carbocycles. The van der Waals surface area contributed by atoms with Crippen LogP contribution in [0.15, 0.2) is 11.4 Å². The number of rotatable bonds is 3. The molecule has 4 heteroatoms. The molecule has 0 radical (unpaired) electrons. The molecule has 0 aromatic carbocycles. The average Bonchev–Trinajstić information content (AvgIpc) is 2.61. The normalized spacial score (nSPS) is 20.4. The highest BCUT2D eigenvalue weighted by molar-refractivity contribution is 7.10. The second-order valence-corrected chi connectivity index (χ2v) is 4.67. The Morgan fingerprint density at radius 3 is 3.29 bits per heavy atom. The van der Waals surface area contributed by atoms with Crippen molar-refractivity contribution < 1.29 is 14.8 Å². The lowest BCUT2D eigenvalue weighted by atomic mass is 10.1. The van der Waals surface area contributed by atoms with Gasteiger partial charge in [-0.05, 0) is 11.4 Å². The number of carbonyl (C=O) groups is 1. The summed E-state index contributed by atoms with van der Waals surface area (Å²) < 4.78 is 0. The number of hydrogen-bond donors (Lipinski definition) is 1. The molecule has 3 nitrogen and oxygen atoms in total. The first kappa shape index (κ1) is 9.68. The Balaban J connectivity index is 1.91. The van der Waals surface area contributed by atoms with Crippen LogP contribution in [-0.2, 0) is 17.8 Å². The maximum Gasteiger partial charge on any atom is 0.104 e. The van der Waals surface area contributed by atoms with E-state index in [9.17, 15) is 9.90 Å². The van der Waals surface area contributed by atoms with Crippen LogP contribution in [0.1, 0.15) is 16.9 Å². The van der Waals surface area contributed by atoms with Gasteiger partial charge in [-0.3, -0.25) is 0 Å². The molecular weight excluding hydrogens is 198 g/mol. The Morgan fingerprint density at radius 2 is 2.50 bits per heavy atom. The Bertz CT molecular complexity index is 335. The number of nitrogens with one attached hydrogen (secondary N) is 1. The van der Waals surface area contributed by atoms with Crippen LogP contribution in [0.25, 0.3) is 0 Å². The molecule has 0 amide bonds. The number of carboxylic acid groups (broad SMARTS) is 1. The van der Waals surface area contributed by atoms with E-state index in [1.54, 1.807) is 0 Å². The summed E-state index contributed by atoms with van der Waals surface area (Å²) in [6.07, 6.45) is 1.27. The van der Waals surface area contributed by atoms with E-state index in [2.05, 4.69) is 11.4 Å². The van der Waals surface area contributed by atoms with Gasteiger partial charge < -0.3 is 14.8 Å². The van der Waals surface area contributed by atoms with Crippen molar-refractivity contribution in [3.05, 3.63) is 21.9 Å². The number of carbonyl (C=O) groups excluding carboxylic acids is 1. The van der Waals surface area contributed by atoms with Crippen molar-refractivity contribution in [2.24, 2.45) is 0 Å². The van der Waals surface area contributed by atoms with Gasteiger partial charge in [0.2, 0.25) is 0 Å². The average molecular weight is 211 g/mol. The van der Waals surface area contributed by atoms with Crippen LogP contribution in [0.5, 0.6) is 0 Å². The smallest absolute Gasteiger partial charge is 0.104 e. The van der Waals surface area contributed by atoms with E-state index in [1.165, 1.54) is 15.3 Å². The van der Waals surface area contributed by atoms with Crippen LogP contribution in [0, 0.1) is 0 Å². The predicted octanol–water partition coefficient (Wildman–Crippen LogP) is -1.17. The quantitative estimate of drug-likeness (QED) is 0.684. The van der Waals surface area contributed by atoms with Gasteiger partial charge in [-0.2, -0.15) is 0 Å². The van der Waals surface area contributed by atoms with Crippen LogP contribution < -0.4 is 10.0 Å². The van der Waals surface area contributed by atoms with Gasteiger partial charge in [0.15, 0.2) is 0 Å². The van der Waals surface area contributed by atoms with Crippen molar-refractivity contribution in [1.82, 2.24) is 0 Å². The van der Waals surface area contributed by atoms with E-state index in [1.807, 2.05) is 11.3 Å². The minimum Gasteiger partial charge on any atom is -0.550 e. The second kappa shape index (κ2) is 4.11. The predicted molar refractivity (Wildman–Crippen MR) is 52.0 cm³/mol. The molecule has 1 aliphatic rings. The molecule has 0 saturated carbocycles. The van der Waals surface area contributed by atoms with Gasteiger partial charge in [0, 0.05) is 29.3 Å². The fourth-order valence-corrected chi connectivity index (χ4v) is 2.79. The lowest BCUT2D eigenvalue weighted by molar-refractivity contribution is -0.915. The van der Waals surface area contributed by atoms with Crippen molar-refractivity contribution in [3.63, 3.8) is 0 Å². The molecule has 0 spiro atoms. The van der Waals surface area contributed by atoms with Crippen LogP contribution in [-0.4, -0.2) is 19.1 Å². The maximum atomic E-state index is 10.3. The van der Waals surface area contributed by atoms with Crippen LogP contribution in [0.4, 0.5) is 0 Å². The highest BCUT2D eigenvalue weighted by Gasteiger charge is 2.19. The van der Waals surface area contributed by atoms with Gasteiger partial charge in [-0.25, -0.2) is 0 Å². The number of fused-ring (bicyclic) bond motifs is 1. The third-order valence-electron chi connectivity index (χ3n) is 2.67. The van der Waals surface area contributed by atoms with Crippen LogP contribution in [0.2, 0.25) is 0 Å². The zero-order valence-corrected chi connectivity index (χ0v) is 8.73. The second-order valence-electron chi connectivity index (χ2n) is 3.67. The Kier molecular flexibility index (Phi) is 2.84. The molecule has 0 fully saturated rings. The number of hydrogen-bond acceptors (Lipinski definition) is 3. The summed E-state index contributed by atoms with van der Waals surface area (Å²) in [6.45, 7) is 2.73. The summed E-state index contributed by atoms with van der Waals surface area (Å²) >= 11 is 1.81. The van der Waals surface area contributed by atoms with E-state index in [-0.39, 0.29) is 6.42 Å². The summed E-state index contributed by atoms with van der Waals surface area (Å²) in [6, 6.07) is 2.15. The van der Waals surface area contributed by atoms with Crippen molar-refractivity contribution in [2.45, 2.75) is 19.4 Å². The first-order valence-corrected chi connectivity index (χ1v) is 5.72. The monoisotopic (exact) mass is 211 g/mol. The van der Waals surface area contributed by atoms with Gasteiger partial charge in [-0.1, -0.05) is 0 Å². The zero-order chi connectivity index (χ0) is 9.97. The molecule has 14 heavy (non-hydrogen) atoms. The van der Waals surface area contributed by atoms with E-state index >= 15 is 0 Å². The SMILES string of the molecule is O=C([O-])CC[NH+]1CCc2sccc2C1. The molecule has 1 aromatic rings. The molecule has 1 aromatic heterocycles. The molecule has 0 saturated heterocycles. The van der Waals surface area contributed by atoms with Crippen LogP contribution in [0.3, 0.4) is 0 Å². The van der Waals surface area contributed by atoms with Gasteiger partial charge in [0.05, 0.1) is 13.1 Å². The molecule has 2 rings (SSSR count). The summed E-state index contributed by atoms with van der Waals surface area (Å²) in [5.74, 6) is -0.936. The Morgan fingerprint density at radius 1 is 1.64 bits per heavy atom. The van der Waals surface area contributed by atoms with Gasteiger partial charge in [0.1, 0.15) is 6.54 Å². The lowest BCUT2D eigenvalue weighted by Crippen LogP contribution is -3.11. The molecule has 1 aliphatic heterocycles. The van der Waals surface area contributed by atoms with Gasteiger partial charge in [0.25, 0.3) is 0 Å². The summed E-state index contributed by atoms with van der Waals surface area (Å²) in [5.41, 5.74) is 1.40. The van der Waals surface area contributed by atoms with E-state index in [0.29, 0.717) is 6.54 Å². The van der Waals surface area contributed by atoms with E-state index in [0.717, 1.165) is 19.5 Å². The van der Waals surface area contributed by atoms with Crippen molar-refractivity contribution in [1.29, 1.82) is 0 Å². The zero-order valence-electron chi connectivity index (χ0n) is 7.91. The van der Waals surface area contributed by atoms with Gasteiger partial charge in [-0.15, -0.1) is 11.3 Å². The van der Waals surface area contributed by atoms with E-state index in [4.69, 9.17) is 0 Å². The molecule has 1 N–H and O–H groups in total. The molecule has 1 unspecified atom stereocenters. The highest BCUT2D eigenvalue weighted by Crippen LogP contribution is 2.17. The molecule has 76 valence electrons.